The minimum atomic E-state index is -0.233. The van der Waals surface area contributed by atoms with Gasteiger partial charge in [0.25, 0.3) is 0 Å². The Morgan fingerprint density at radius 3 is 2.61 bits per heavy atom. The molecule has 0 amide bonds. The third-order valence-corrected chi connectivity index (χ3v) is 6.79. The van der Waals surface area contributed by atoms with E-state index in [0.29, 0.717) is 38.8 Å². The lowest BCUT2D eigenvalue weighted by atomic mass is 9.89. The number of likely N-dealkylation sites (N-methyl/N-ethyl adjacent to an activating group) is 1. The topological polar surface area (TPSA) is 72.1 Å². The van der Waals surface area contributed by atoms with E-state index in [1.165, 1.54) is 13.2 Å². The van der Waals surface area contributed by atoms with Crippen LogP contribution in [0.1, 0.15) is 17.9 Å². The molecule has 6 nitrogen and oxygen atoms in total. The predicted octanol–water partition coefficient (Wildman–Crippen LogP) is 4.67. The highest BCUT2D eigenvalue weighted by Gasteiger charge is 2.37. The molecule has 4 rings (SSSR count). The van der Waals surface area contributed by atoms with Crippen molar-refractivity contribution in [2.45, 2.75) is 18.4 Å². The molecular weight excluding hydrogens is 486 g/mol. The number of halogens is 2. The molecule has 2 atom stereocenters. The number of fused-ring (bicyclic) bond motifs is 1. The van der Waals surface area contributed by atoms with E-state index in [9.17, 15) is 9.90 Å². The molecule has 0 aliphatic carbocycles. The van der Waals surface area contributed by atoms with Gasteiger partial charge in [0, 0.05) is 39.7 Å². The van der Waals surface area contributed by atoms with Crippen molar-refractivity contribution in [2.75, 3.05) is 34.4 Å². The molecule has 2 unspecified atom stereocenters. The van der Waals surface area contributed by atoms with Crippen LogP contribution >= 0.6 is 27.5 Å². The van der Waals surface area contributed by atoms with Crippen LogP contribution in [0.15, 0.2) is 44.0 Å². The van der Waals surface area contributed by atoms with Crippen molar-refractivity contribution in [3.63, 3.8) is 0 Å². The molecule has 1 fully saturated rings. The Morgan fingerprint density at radius 1 is 1.23 bits per heavy atom. The van der Waals surface area contributed by atoms with Gasteiger partial charge in [-0.25, -0.2) is 0 Å². The van der Waals surface area contributed by atoms with Gasteiger partial charge < -0.3 is 23.9 Å². The maximum absolute atomic E-state index is 13.2. The first-order valence-corrected chi connectivity index (χ1v) is 11.1. The number of hydrogen-bond acceptors (Lipinski definition) is 6. The highest BCUT2D eigenvalue weighted by atomic mass is 79.9. The maximum Gasteiger partial charge on any atom is 0.197 e. The summed E-state index contributed by atoms with van der Waals surface area (Å²) in [4.78, 5) is 15.3. The van der Waals surface area contributed by atoms with Gasteiger partial charge in [0.05, 0.1) is 25.8 Å². The lowest BCUT2D eigenvalue weighted by molar-refractivity contribution is 0.171. The Morgan fingerprint density at radius 2 is 1.97 bits per heavy atom. The first kappa shape index (κ1) is 22.1. The number of nitrogens with zero attached hydrogens (tertiary/aromatic N) is 1. The van der Waals surface area contributed by atoms with Crippen molar-refractivity contribution >= 4 is 38.5 Å². The van der Waals surface area contributed by atoms with Gasteiger partial charge in [0.2, 0.25) is 0 Å². The number of ether oxygens (including phenoxy) is 2. The molecule has 31 heavy (non-hydrogen) atoms. The minimum Gasteiger partial charge on any atom is -0.496 e. The summed E-state index contributed by atoms with van der Waals surface area (Å²) >= 11 is 9.83. The Labute approximate surface area is 193 Å². The number of methoxy groups -OCH3 is 2. The van der Waals surface area contributed by atoms with Gasteiger partial charge >= 0.3 is 0 Å². The summed E-state index contributed by atoms with van der Waals surface area (Å²) in [5.41, 5.74) is 1.53. The second-order valence-corrected chi connectivity index (χ2v) is 8.95. The lowest BCUT2D eigenvalue weighted by Gasteiger charge is -2.25. The summed E-state index contributed by atoms with van der Waals surface area (Å²) in [5, 5.41) is 10.8. The van der Waals surface area contributed by atoms with Crippen molar-refractivity contribution in [3.8, 4) is 22.8 Å². The van der Waals surface area contributed by atoms with Gasteiger partial charge in [-0.1, -0.05) is 27.5 Å². The third kappa shape index (κ3) is 3.84. The van der Waals surface area contributed by atoms with Gasteiger partial charge in [0.1, 0.15) is 28.2 Å². The van der Waals surface area contributed by atoms with Crippen molar-refractivity contribution in [3.05, 3.63) is 55.6 Å². The molecular formula is C23H23BrClNO5. The van der Waals surface area contributed by atoms with Gasteiger partial charge in [-0.05, 0) is 38.2 Å². The van der Waals surface area contributed by atoms with Crippen molar-refractivity contribution in [1.29, 1.82) is 0 Å². The number of hydrogen-bond donors (Lipinski definition) is 1. The van der Waals surface area contributed by atoms with Crippen LogP contribution in [0.5, 0.6) is 11.5 Å². The standard InChI is InChI=1S/C23H23BrClNO5/c1-26-7-6-14(16(26)11-27)21-19(29-2)10-20(30-3)22-17(28)9-18(31-23(21)22)13-5-4-12(24)8-15(13)25/h4-5,8-10,14,16,27H,6-7,11H2,1-3H3. The fourth-order valence-electron chi connectivity index (χ4n) is 4.41. The summed E-state index contributed by atoms with van der Waals surface area (Å²) in [5.74, 6) is 1.23. The Kier molecular flexibility index (Phi) is 6.30. The Balaban J connectivity index is 2.06. The average Bonchev–Trinajstić information content (AvgIpc) is 3.12. The zero-order valence-electron chi connectivity index (χ0n) is 17.4. The quantitative estimate of drug-likeness (QED) is 0.540. The Hall–Kier alpha value is -2.06. The molecule has 1 N–H and O–H groups in total. The molecule has 1 aliphatic heterocycles. The number of benzene rings is 2. The zero-order valence-corrected chi connectivity index (χ0v) is 19.8. The number of likely N-dealkylation sites (tertiary alicyclic amines) is 1. The van der Waals surface area contributed by atoms with Crippen LogP contribution in [0.2, 0.25) is 5.02 Å². The summed E-state index contributed by atoms with van der Waals surface area (Å²) < 4.78 is 18.4. The predicted molar refractivity (Wildman–Crippen MR) is 125 cm³/mol. The van der Waals surface area contributed by atoms with E-state index in [4.69, 9.17) is 25.5 Å². The molecule has 0 spiro atoms. The molecule has 164 valence electrons. The van der Waals surface area contributed by atoms with E-state index in [2.05, 4.69) is 20.8 Å². The van der Waals surface area contributed by atoms with Crippen LogP contribution in [-0.4, -0.2) is 50.5 Å². The Bertz CT molecular complexity index is 1190. The molecule has 0 radical (unpaired) electrons. The van der Waals surface area contributed by atoms with Crippen LogP contribution in [-0.2, 0) is 0 Å². The molecule has 0 bridgehead atoms. The monoisotopic (exact) mass is 507 g/mol. The van der Waals surface area contributed by atoms with E-state index in [-0.39, 0.29) is 24.0 Å². The number of rotatable bonds is 5. The summed E-state index contributed by atoms with van der Waals surface area (Å²) in [7, 11) is 5.05. The fourth-order valence-corrected chi connectivity index (χ4v) is 5.18. The molecule has 0 saturated carbocycles. The zero-order chi connectivity index (χ0) is 22.3. The summed E-state index contributed by atoms with van der Waals surface area (Å²) in [6.07, 6.45) is 0.798. The highest BCUT2D eigenvalue weighted by Crippen LogP contribution is 2.45. The van der Waals surface area contributed by atoms with Crippen LogP contribution in [0.25, 0.3) is 22.3 Å². The van der Waals surface area contributed by atoms with E-state index >= 15 is 0 Å². The van der Waals surface area contributed by atoms with E-state index in [1.807, 2.05) is 13.1 Å². The van der Waals surface area contributed by atoms with Gasteiger partial charge in [-0.15, -0.1) is 0 Å². The second kappa shape index (κ2) is 8.82. The largest absolute Gasteiger partial charge is 0.496 e. The van der Waals surface area contributed by atoms with Gasteiger partial charge in [0.15, 0.2) is 5.43 Å². The van der Waals surface area contributed by atoms with Gasteiger partial charge in [-0.2, -0.15) is 0 Å². The van der Waals surface area contributed by atoms with E-state index in [1.54, 1.807) is 25.3 Å². The van der Waals surface area contributed by atoms with Crippen molar-refractivity contribution in [2.24, 2.45) is 0 Å². The van der Waals surface area contributed by atoms with Crippen molar-refractivity contribution in [1.82, 2.24) is 4.90 Å². The highest BCUT2D eigenvalue weighted by molar-refractivity contribution is 9.10. The lowest BCUT2D eigenvalue weighted by Crippen LogP contribution is -2.32. The van der Waals surface area contributed by atoms with Crippen LogP contribution in [0.4, 0.5) is 0 Å². The third-order valence-electron chi connectivity index (χ3n) is 5.98. The van der Waals surface area contributed by atoms with E-state index < -0.39 is 0 Å². The summed E-state index contributed by atoms with van der Waals surface area (Å²) in [6.45, 7) is 0.801. The first-order chi connectivity index (χ1) is 14.9. The van der Waals surface area contributed by atoms with Crippen LogP contribution in [0, 0.1) is 0 Å². The second-order valence-electron chi connectivity index (χ2n) is 7.62. The SMILES string of the molecule is COc1cc(OC)c2c(=O)cc(-c3ccc(Br)cc3Cl)oc2c1C1CCN(C)C1CO. The fraction of sp³-hybridized carbons (Fsp3) is 0.348. The smallest absolute Gasteiger partial charge is 0.197 e. The maximum atomic E-state index is 13.2. The summed E-state index contributed by atoms with van der Waals surface area (Å²) in [6, 6.07) is 8.42. The molecule has 2 aromatic carbocycles. The molecule has 8 heteroatoms. The molecule has 2 heterocycles. The average molecular weight is 509 g/mol. The molecule has 1 saturated heterocycles. The molecule has 3 aromatic rings. The minimum absolute atomic E-state index is 0.0136. The van der Waals surface area contributed by atoms with Crippen molar-refractivity contribution < 1.29 is 19.0 Å². The number of aliphatic hydroxyl groups is 1. The first-order valence-electron chi connectivity index (χ1n) is 9.88. The van der Waals surface area contributed by atoms with Crippen LogP contribution < -0.4 is 14.9 Å². The normalized spacial score (nSPS) is 19.2. The number of aliphatic hydroxyl groups excluding tert-OH is 1. The molecule has 1 aliphatic rings. The van der Waals surface area contributed by atoms with Gasteiger partial charge in [-0.3, -0.25) is 4.79 Å². The molecule has 1 aromatic heterocycles. The van der Waals surface area contributed by atoms with E-state index in [0.717, 1.165) is 23.0 Å². The van der Waals surface area contributed by atoms with Crippen LogP contribution in [0.3, 0.4) is 0 Å².